The third-order valence-electron chi connectivity index (χ3n) is 6.93. The summed E-state index contributed by atoms with van der Waals surface area (Å²) in [4.78, 5) is 25.4. The number of fused-ring (bicyclic) bond motifs is 3. The number of alkyl halides is 2. The predicted molar refractivity (Wildman–Crippen MR) is 126 cm³/mol. The summed E-state index contributed by atoms with van der Waals surface area (Å²) in [5.74, 6) is -2.41. The summed E-state index contributed by atoms with van der Waals surface area (Å²) in [6, 6.07) is 13.6. The monoisotopic (exact) mass is 477 g/mol. The van der Waals surface area contributed by atoms with Gasteiger partial charge < -0.3 is 14.5 Å². The van der Waals surface area contributed by atoms with Crippen molar-refractivity contribution in [2.75, 3.05) is 31.2 Å². The molecular weight excluding hydrogens is 452 g/mol. The van der Waals surface area contributed by atoms with Crippen LogP contribution in [0.1, 0.15) is 24.5 Å². The van der Waals surface area contributed by atoms with E-state index in [1.165, 1.54) is 6.07 Å². The lowest BCUT2D eigenvalue weighted by atomic mass is 10.0. The predicted octanol–water partition coefficient (Wildman–Crippen LogP) is 3.74. The maximum Gasteiger partial charge on any atom is 0.296 e. The highest BCUT2D eigenvalue weighted by atomic mass is 19.3. The Morgan fingerprint density at radius 1 is 1.20 bits per heavy atom. The number of carbonyl (C=O) groups is 1. The third kappa shape index (κ3) is 4.42. The van der Waals surface area contributed by atoms with Gasteiger partial charge in [0.2, 0.25) is 5.91 Å². The summed E-state index contributed by atoms with van der Waals surface area (Å²) < 4.78 is 35.1. The maximum atomic E-state index is 14.9. The summed E-state index contributed by atoms with van der Waals surface area (Å²) in [5.41, 5.74) is 0.822. The molecular formula is C26H25F2N5O2. The average Bonchev–Trinajstić information content (AvgIpc) is 3.07. The summed E-state index contributed by atoms with van der Waals surface area (Å²) in [6.45, 7) is 1.82. The van der Waals surface area contributed by atoms with Crippen LogP contribution in [0, 0.1) is 17.2 Å². The molecule has 1 amide bonds. The highest BCUT2D eigenvalue weighted by molar-refractivity contribution is 5.82. The first-order chi connectivity index (χ1) is 16.9. The van der Waals surface area contributed by atoms with Crippen LogP contribution in [-0.4, -0.2) is 59.2 Å². The van der Waals surface area contributed by atoms with Crippen molar-refractivity contribution < 1.29 is 18.3 Å². The Hall–Kier alpha value is -3.64. The fraction of sp³-hybridized carbons (Fsp3) is 0.385. The van der Waals surface area contributed by atoms with Gasteiger partial charge in [-0.25, -0.2) is 4.98 Å². The second-order valence-electron chi connectivity index (χ2n) is 9.23. The number of benzene rings is 1. The minimum absolute atomic E-state index is 0.0720. The first kappa shape index (κ1) is 23.1. The fourth-order valence-electron chi connectivity index (χ4n) is 5.25. The second-order valence-corrected chi connectivity index (χ2v) is 9.23. The van der Waals surface area contributed by atoms with Crippen LogP contribution in [0.5, 0.6) is 0 Å². The molecule has 2 bridgehead atoms. The lowest BCUT2D eigenvalue weighted by molar-refractivity contribution is -0.142. The van der Waals surface area contributed by atoms with Crippen molar-refractivity contribution in [3.05, 3.63) is 66.0 Å². The zero-order valence-electron chi connectivity index (χ0n) is 19.3. The summed E-state index contributed by atoms with van der Waals surface area (Å²) >= 11 is 0. The van der Waals surface area contributed by atoms with E-state index in [4.69, 9.17) is 10.00 Å². The van der Waals surface area contributed by atoms with E-state index in [1.807, 2.05) is 6.07 Å². The quantitative estimate of drug-likeness (QED) is 0.538. The molecule has 0 spiro atoms. The fourth-order valence-corrected chi connectivity index (χ4v) is 5.25. The first-order valence-electron chi connectivity index (χ1n) is 11.6. The van der Waals surface area contributed by atoms with Gasteiger partial charge in [-0.05, 0) is 36.6 Å². The number of rotatable bonds is 6. The SMILES string of the molecule is C[C@H]1CC2CN(C(=O)COCC(F)(F)c3cccc4ncccc34)CC1N2c1ccc(C#N)cn1. The molecule has 3 aromatic rings. The number of ether oxygens (including phenoxy) is 1. The number of hydrogen-bond acceptors (Lipinski definition) is 6. The van der Waals surface area contributed by atoms with E-state index in [1.54, 1.807) is 47.6 Å². The Balaban J connectivity index is 1.21. The van der Waals surface area contributed by atoms with Crippen molar-refractivity contribution in [2.24, 2.45) is 5.92 Å². The zero-order chi connectivity index (χ0) is 24.6. The Morgan fingerprint density at radius 2 is 2.06 bits per heavy atom. The summed E-state index contributed by atoms with van der Waals surface area (Å²) in [5, 5.41) is 9.38. The van der Waals surface area contributed by atoms with Gasteiger partial charge in [0.1, 0.15) is 25.1 Å². The van der Waals surface area contributed by atoms with E-state index in [2.05, 4.69) is 27.9 Å². The van der Waals surface area contributed by atoms with Crippen LogP contribution in [0.3, 0.4) is 0 Å². The van der Waals surface area contributed by atoms with Crippen LogP contribution in [0.2, 0.25) is 0 Å². The molecule has 2 aromatic heterocycles. The molecule has 2 fully saturated rings. The van der Waals surface area contributed by atoms with Gasteiger partial charge in [-0.15, -0.1) is 0 Å². The zero-order valence-corrected chi connectivity index (χ0v) is 19.3. The number of amides is 1. The van der Waals surface area contributed by atoms with Gasteiger partial charge in [-0.2, -0.15) is 14.0 Å². The maximum absolute atomic E-state index is 14.9. The van der Waals surface area contributed by atoms with Crippen molar-refractivity contribution in [2.45, 2.75) is 31.4 Å². The third-order valence-corrected chi connectivity index (χ3v) is 6.93. The van der Waals surface area contributed by atoms with Crippen molar-refractivity contribution in [1.82, 2.24) is 14.9 Å². The van der Waals surface area contributed by atoms with Gasteiger partial charge in [-0.3, -0.25) is 9.78 Å². The molecule has 2 saturated heterocycles. The molecule has 0 N–H and O–H groups in total. The topological polar surface area (TPSA) is 82.4 Å². The molecule has 0 saturated carbocycles. The normalized spacial score (nSPS) is 21.8. The number of carbonyl (C=O) groups excluding carboxylic acids is 1. The smallest absolute Gasteiger partial charge is 0.296 e. The number of hydrogen-bond donors (Lipinski definition) is 0. The average molecular weight is 478 g/mol. The van der Waals surface area contributed by atoms with Crippen LogP contribution in [0.4, 0.5) is 14.6 Å². The van der Waals surface area contributed by atoms with Crippen LogP contribution in [0.15, 0.2) is 54.9 Å². The van der Waals surface area contributed by atoms with Gasteiger partial charge in [0, 0.05) is 42.5 Å². The molecule has 3 atom stereocenters. The van der Waals surface area contributed by atoms with E-state index < -0.39 is 19.1 Å². The number of nitrogens with zero attached hydrogens (tertiary/aromatic N) is 5. The molecule has 4 heterocycles. The van der Waals surface area contributed by atoms with E-state index >= 15 is 0 Å². The van der Waals surface area contributed by atoms with Gasteiger partial charge in [0.05, 0.1) is 17.1 Å². The Bertz CT molecular complexity index is 1270. The summed E-state index contributed by atoms with van der Waals surface area (Å²) in [6.07, 6.45) is 4.02. The number of anilines is 1. The molecule has 0 radical (unpaired) electrons. The molecule has 35 heavy (non-hydrogen) atoms. The van der Waals surface area contributed by atoms with Crippen molar-refractivity contribution >= 4 is 22.6 Å². The minimum Gasteiger partial charge on any atom is -0.365 e. The standard InChI is InChI=1S/C26H25F2N5O2/c1-17-10-19-13-32(14-23(17)33(19)24-8-7-18(11-29)12-31-24)25(34)15-35-16-26(27,28)21-5-2-6-22-20(21)4-3-9-30-22/h2-9,12,17,19,23H,10,13-16H2,1H3/t17-,19?,23?/m0/s1. The molecule has 0 aliphatic carbocycles. The van der Waals surface area contributed by atoms with Crippen LogP contribution in [-0.2, 0) is 15.5 Å². The highest BCUT2D eigenvalue weighted by Gasteiger charge is 2.46. The summed E-state index contributed by atoms with van der Waals surface area (Å²) in [7, 11) is 0. The molecule has 5 rings (SSSR count). The number of likely N-dealkylation sites (tertiary alicyclic amines) is 1. The van der Waals surface area contributed by atoms with Crippen LogP contribution < -0.4 is 4.90 Å². The van der Waals surface area contributed by atoms with Crippen LogP contribution in [0.25, 0.3) is 10.9 Å². The Morgan fingerprint density at radius 3 is 2.80 bits per heavy atom. The van der Waals surface area contributed by atoms with Crippen LogP contribution >= 0.6 is 0 Å². The molecule has 9 heteroatoms. The van der Waals surface area contributed by atoms with E-state index in [-0.39, 0.29) is 23.6 Å². The largest absolute Gasteiger partial charge is 0.365 e. The number of nitriles is 1. The molecule has 1 aromatic carbocycles. The minimum atomic E-state index is -3.25. The van der Waals surface area contributed by atoms with Gasteiger partial charge >= 0.3 is 0 Å². The number of halogens is 2. The lowest BCUT2D eigenvalue weighted by Crippen LogP contribution is -2.57. The van der Waals surface area contributed by atoms with E-state index in [0.29, 0.717) is 35.5 Å². The van der Waals surface area contributed by atoms with Gasteiger partial charge in [0.15, 0.2) is 0 Å². The molecule has 7 nitrogen and oxygen atoms in total. The van der Waals surface area contributed by atoms with Crippen molar-refractivity contribution in [1.29, 1.82) is 5.26 Å². The van der Waals surface area contributed by atoms with Crippen molar-refractivity contribution in [3.8, 4) is 6.07 Å². The number of piperazine rings is 1. The Labute approximate surface area is 201 Å². The molecule has 2 aliphatic rings. The number of aromatic nitrogens is 2. The molecule has 2 aliphatic heterocycles. The van der Waals surface area contributed by atoms with E-state index in [9.17, 15) is 13.6 Å². The second kappa shape index (κ2) is 9.19. The number of pyridine rings is 2. The molecule has 2 unspecified atom stereocenters. The van der Waals surface area contributed by atoms with Gasteiger partial charge in [-0.1, -0.05) is 25.1 Å². The van der Waals surface area contributed by atoms with Gasteiger partial charge in [0.25, 0.3) is 5.92 Å². The first-order valence-corrected chi connectivity index (χ1v) is 11.6. The lowest BCUT2D eigenvalue weighted by Gasteiger charge is -2.42. The highest BCUT2D eigenvalue weighted by Crippen LogP contribution is 2.38. The Kier molecular flexibility index (Phi) is 6.07. The van der Waals surface area contributed by atoms with Crippen molar-refractivity contribution in [3.63, 3.8) is 0 Å². The van der Waals surface area contributed by atoms with E-state index in [0.717, 1.165) is 12.2 Å². The molecule has 180 valence electrons.